The van der Waals surface area contributed by atoms with E-state index in [9.17, 15) is 10.1 Å². The zero-order valence-corrected chi connectivity index (χ0v) is 10.8. The lowest BCUT2D eigenvalue weighted by atomic mass is 10.2. The molecule has 9 nitrogen and oxygen atoms in total. The number of nitrogens with two attached hydrogens (primary N) is 1. The van der Waals surface area contributed by atoms with Crippen molar-refractivity contribution < 1.29 is 10.1 Å². The van der Waals surface area contributed by atoms with Gasteiger partial charge in [-0.3, -0.25) is 10.1 Å². The number of nitro groups is 1. The Balaban J connectivity index is 2.41. The van der Waals surface area contributed by atoms with E-state index >= 15 is 0 Å². The Morgan fingerprint density at radius 3 is 3.00 bits per heavy atom. The second-order valence-electron chi connectivity index (χ2n) is 3.10. The highest BCUT2D eigenvalue weighted by molar-refractivity contribution is 8.01. The van der Waals surface area contributed by atoms with Gasteiger partial charge in [-0.25, -0.2) is 4.98 Å². The fraction of sp³-hybridized carbons (Fsp3) is 0. The minimum atomic E-state index is -0.593. The highest BCUT2D eigenvalue weighted by atomic mass is 32.2. The lowest BCUT2D eigenvalue weighted by Crippen LogP contribution is -2.14. The van der Waals surface area contributed by atoms with Crippen molar-refractivity contribution in [1.82, 2.24) is 15.2 Å². The highest BCUT2D eigenvalue weighted by Crippen LogP contribution is 2.33. The van der Waals surface area contributed by atoms with Crippen LogP contribution < -0.4 is 5.73 Å². The Kier molecular flexibility index (Phi) is 3.87. The third kappa shape index (κ3) is 2.95. The van der Waals surface area contributed by atoms with E-state index in [0.29, 0.717) is 4.34 Å². The molecule has 19 heavy (non-hydrogen) atoms. The average Bonchev–Trinajstić information content (AvgIpc) is 2.91. The van der Waals surface area contributed by atoms with Crippen LogP contribution in [0.4, 0.5) is 5.69 Å². The summed E-state index contributed by atoms with van der Waals surface area (Å²) in [5.41, 5.74) is 6.79. The van der Waals surface area contributed by atoms with Crippen molar-refractivity contribution in [3.63, 3.8) is 0 Å². The van der Waals surface area contributed by atoms with Gasteiger partial charge < -0.3 is 10.9 Å². The molecule has 3 N–H and O–H groups in total. The lowest BCUT2D eigenvalue weighted by Gasteiger charge is -2.02. The van der Waals surface area contributed by atoms with Gasteiger partial charge in [-0.1, -0.05) is 16.5 Å². The lowest BCUT2D eigenvalue weighted by molar-refractivity contribution is -0.388. The molecule has 0 radical (unpaired) electrons. The first kappa shape index (κ1) is 13.2. The minimum absolute atomic E-state index is 0.163. The van der Waals surface area contributed by atoms with E-state index in [1.165, 1.54) is 29.1 Å². The van der Waals surface area contributed by atoms with E-state index < -0.39 is 4.92 Å². The molecule has 0 saturated carbocycles. The van der Waals surface area contributed by atoms with Crippen LogP contribution in [-0.4, -0.2) is 31.1 Å². The molecule has 0 aliphatic heterocycles. The first-order chi connectivity index (χ1) is 9.11. The summed E-state index contributed by atoms with van der Waals surface area (Å²) in [5, 5.41) is 29.9. The van der Waals surface area contributed by atoms with Crippen LogP contribution in [0, 0.1) is 10.1 Å². The maximum absolute atomic E-state index is 11.0. The minimum Gasteiger partial charge on any atom is -0.409 e. The van der Waals surface area contributed by atoms with Crippen molar-refractivity contribution in [2.45, 2.75) is 9.37 Å². The predicted octanol–water partition coefficient (Wildman–Crippen LogP) is 1.09. The Bertz CT molecular complexity index is 629. The van der Waals surface area contributed by atoms with Crippen molar-refractivity contribution in [3.05, 3.63) is 33.5 Å². The van der Waals surface area contributed by atoms with Gasteiger partial charge in [0.25, 0.3) is 0 Å². The van der Waals surface area contributed by atoms with Crippen LogP contribution in [0.5, 0.6) is 0 Å². The number of nitrogens with zero attached hydrogens (tertiary/aromatic N) is 5. The molecule has 0 aliphatic carbocycles. The number of pyridine rings is 1. The van der Waals surface area contributed by atoms with Gasteiger partial charge in [-0.05, 0) is 11.8 Å². The molecule has 0 aliphatic rings. The van der Waals surface area contributed by atoms with Gasteiger partial charge in [0, 0.05) is 17.8 Å². The summed E-state index contributed by atoms with van der Waals surface area (Å²) >= 11 is 2.27. The SMILES string of the molecule is NC(=NO)c1cnc(Sc2nncs2)c([N+](=O)[O-])c1. The summed E-state index contributed by atoms with van der Waals surface area (Å²) < 4.78 is 0.534. The van der Waals surface area contributed by atoms with E-state index in [0.717, 1.165) is 11.8 Å². The fourth-order valence-electron chi connectivity index (χ4n) is 1.14. The van der Waals surface area contributed by atoms with Crippen LogP contribution in [0.3, 0.4) is 0 Å². The Morgan fingerprint density at radius 1 is 1.63 bits per heavy atom. The molecule has 0 spiro atoms. The van der Waals surface area contributed by atoms with Crippen molar-refractivity contribution in [2.75, 3.05) is 0 Å². The van der Waals surface area contributed by atoms with Crippen LogP contribution >= 0.6 is 23.1 Å². The summed E-state index contributed by atoms with van der Waals surface area (Å²) in [5.74, 6) is -0.247. The zero-order valence-electron chi connectivity index (χ0n) is 9.13. The van der Waals surface area contributed by atoms with Crippen molar-refractivity contribution in [2.24, 2.45) is 10.9 Å². The summed E-state index contributed by atoms with van der Waals surface area (Å²) in [6, 6.07) is 1.19. The maximum Gasteiger partial charge on any atom is 0.302 e. The zero-order chi connectivity index (χ0) is 13.8. The Morgan fingerprint density at radius 2 is 2.42 bits per heavy atom. The van der Waals surface area contributed by atoms with E-state index in [1.807, 2.05) is 0 Å². The topological polar surface area (TPSA) is 140 Å². The second-order valence-corrected chi connectivity index (χ2v) is 5.17. The first-order valence-corrected chi connectivity index (χ1v) is 6.37. The molecule has 0 bridgehead atoms. The molecule has 0 amide bonds. The van der Waals surface area contributed by atoms with Crippen LogP contribution in [-0.2, 0) is 0 Å². The smallest absolute Gasteiger partial charge is 0.302 e. The largest absolute Gasteiger partial charge is 0.409 e. The number of hydrogen-bond acceptors (Lipinski definition) is 9. The summed E-state index contributed by atoms with van der Waals surface area (Å²) in [6.45, 7) is 0. The van der Waals surface area contributed by atoms with E-state index in [2.05, 4.69) is 20.3 Å². The third-order valence-corrected chi connectivity index (χ3v) is 3.74. The molecule has 2 aromatic heterocycles. The first-order valence-electron chi connectivity index (χ1n) is 4.68. The Hall–Kier alpha value is -2.27. The molecule has 2 aromatic rings. The predicted molar refractivity (Wildman–Crippen MR) is 67.4 cm³/mol. The normalized spacial score (nSPS) is 11.5. The highest BCUT2D eigenvalue weighted by Gasteiger charge is 2.19. The number of rotatable bonds is 4. The molecule has 98 valence electrons. The van der Waals surface area contributed by atoms with Crippen LogP contribution in [0.25, 0.3) is 0 Å². The van der Waals surface area contributed by atoms with Crippen molar-refractivity contribution in [1.29, 1.82) is 0 Å². The van der Waals surface area contributed by atoms with Crippen molar-refractivity contribution in [3.8, 4) is 0 Å². The number of hydrogen-bond donors (Lipinski definition) is 2. The van der Waals surface area contributed by atoms with Gasteiger partial charge >= 0.3 is 5.69 Å². The number of aromatic nitrogens is 3. The summed E-state index contributed by atoms with van der Waals surface area (Å²) in [7, 11) is 0. The maximum atomic E-state index is 11.0. The van der Waals surface area contributed by atoms with Crippen LogP contribution in [0.1, 0.15) is 5.56 Å². The summed E-state index contributed by atoms with van der Waals surface area (Å²) in [4.78, 5) is 14.3. The molecule has 2 heterocycles. The van der Waals surface area contributed by atoms with Gasteiger partial charge in [0.2, 0.25) is 0 Å². The van der Waals surface area contributed by atoms with E-state index in [4.69, 9.17) is 10.9 Å². The van der Waals surface area contributed by atoms with Crippen LogP contribution in [0.15, 0.2) is 32.3 Å². The molecule has 2 rings (SSSR count). The van der Waals surface area contributed by atoms with E-state index in [-0.39, 0.29) is 22.1 Å². The van der Waals surface area contributed by atoms with Gasteiger partial charge in [0.05, 0.1) is 4.92 Å². The van der Waals surface area contributed by atoms with Crippen LogP contribution in [0.2, 0.25) is 0 Å². The number of amidine groups is 1. The van der Waals surface area contributed by atoms with E-state index in [1.54, 1.807) is 0 Å². The van der Waals surface area contributed by atoms with Gasteiger partial charge in [-0.2, -0.15) is 0 Å². The molecule has 0 saturated heterocycles. The standard InChI is InChI=1S/C8H6N6O3S2/c9-6(13-15)4-1-5(14(16)17)7(10-2-4)19-8-12-11-3-18-8/h1-3,15H,(H2,9,13). The third-order valence-electron chi connectivity index (χ3n) is 1.96. The molecular formula is C8H6N6O3S2. The van der Waals surface area contributed by atoms with Gasteiger partial charge in [-0.15, -0.1) is 10.2 Å². The van der Waals surface area contributed by atoms with Crippen molar-refractivity contribution >= 4 is 34.6 Å². The molecule has 0 aromatic carbocycles. The monoisotopic (exact) mass is 298 g/mol. The second kappa shape index (κ2) is 5.58. The molecule has 0 fully saturated rings. The Labute approximate surface area is 114 Å². The van der Waals surface area contributed by atoms with Gasteiger partial charge in [0.1, 0.15) is 5.51 Å². The quantitative estimate of drug-likeness (QED) is 0.281. The molecular weight excluding hydrogens is 292 g/mol. The molecule has 0 unspecified atom stereocenters. The average molecular weight is 298 g/mol. The number of oxime groups is 1. The molecule has 0 atom stereocenters. The van der Waals surface area contributed by atoms with Gasteiger partial charge in [0.15, 0.2) is 15.2 Å². The molecule has 11 heteroatoms. The summed E-state index contributed by atoms with van der Waals surface area (Å²) in [6.07, 6.45) is 1.28. The fourth-order valence-corrected chi connectivity index (χ4v) is 2.57.